The minimum Gasteiger partial charge on any atom is -0.443 e. The minimum atomic E-state index is -0.406. The average Bonchev–Trinajstić information content (AvgIpc) is 3.39. The molecule has 1 atom stereocenters. The monoisotopic (exact) mass is 463 g/mol. The van der Waals surface area contributed by atoms with E-state index in [0.717, 1.165) is 21.7 Å². The molecule has 0 radical (unpaired) electrons. The van der Waals surface area contributed by atoms with E-state index in [4.69, 9.17) is 4.74 Å². The number of fused-ring (bicyclic) bond motifs is 1. The summed E-state index contributed by atoms with van der Waals surface area (Å²) in [6.45, 7) is 2.97. The third-order valence-corrected chi connectivity index (χ3v) is 6.93. The Hall–Kier alpha value is -3.64. The highest BCUT2D eigenvalue weighted by atomic mass is 32.1. The van der Waals surface area contributed by atoms with Gasteiger partial charge in [0.15, 0.2) is 0 Å². The van der Waals surface area contributed by atoms with Gasteiger partial charge in [-0.2, -0.15) is 5.26 Å². The fourth-order valence-electron chi connectivity index (χ4n) is 3.87. The van der Waals surface area contributed by atoms with E-state index < -0.39 is 6.09 Å². The van der Waals surface area contributed by atoms with E-state index in [2.05, 4.69) is 16.4 Å². The molecule has 0 saturated carbocycles. The molecule has 0 unspecified atom stereocenters. The van der Waals surface area contributed by atoms with E-state index in [1.54, 1.807) is 22.0 Å². The predicted octanol–water partition coefficient (Wildman–Crippen LogP) is 4.18. The van der Waals surface area contributed by atoms with Crippen LogP contribution in [0.2, 0.25) is 0 Å². The molecule has 2 aromatic heterocycles. The summed E-state index contributed by atoms with van der Waals surface area (Å²) < 4.78 is 7.23. The molecule has 0 spiro atoms. The summed E-state index contributed by atoms with van der Waals surface area (Å²) in [4.78, 5) is 31.8. The number of rotatable bonds is 6. The average molecular weight is 464 g/mol. The van der Waals surface area contributed by atoms with Gasteiger partial charge in [-0.25, -0.2) is 9.78 Å². The lowest BCUT2D eigenvalue weighted by atomic mass is 9.97. The second kappa shape index (κ2) is 9.88. The highest BCUT2D eigenvalue weighted by Gasteiger charge is 2.28. The van der Waals surface area contributed by atoms with Crippen molar-refractivity contribution in [3.63, 3.8) is 0 Å². The number of nitriles is 1. The Balaban J connectivity index is 1.40. The van der Waals surface area contributed by atoms with E-state index in [0.29, 0.717) is 36.5 Å². The number of hydrogen-bond acceptors (Lipinski definition) is 6. The fourth-order valence-corrected chi connectivity index (χ4v) is 5.10. The number of aromatic nitrogens is 2. The standard InChI is InChI=1S/C24H25N5O3S/c1-16(17-6-4-3-5-7-17)10-22(30)27-23-20(11-25)19-8-9-29(13-21(19)33-23)24(31)32-14-18-12-26-15-28(18)2/h3-7,12,15-16H,8-10,13-14H2,1-2H3,(H,27,30)/t16-/m0/s1. The van der Waals surface area contributed by atoms with Crippen LogP contribution >= 0.6 is 11.3 Å². The zero-order valence-electron chi connectivity index (χ0n) is 18.6. The number of aryl methyl sites for hydroxylation is 1. The fraction of sp³-hybridized carbons (Fsp3) is 0.333. The van der Waals surface area contributed by atoms with Crippen LogP contribution in [0, 0.1) is 11.3 Å². The number of benzene rings is 1. The van der Waals surface area contributed by atoms with Crippen molar-refractivity contribution < 1.29 is 14.3 Å². The Bertz CT molecular complexity index is 1190. The molecule has 0 fully saturated rings. The molecule has 1 aromatic carbocycles. The third kappa shape index (κ3) is 5.07. The smallest absolute Gasteiger partial charge is 0.410 e. The molecular formula is C24H25N5O3S. The normalized spacial score (nSPS) is 13.7. The number of imidazole rings is 1. The maximum Gasteiger partial charge on any atom is 0.410 e. The molecule has 4 rings (SSSR count). The lowest BCUT2D eigenvalue weighted by molar-refractivity contribution is -0.116. The molecule has 3 aromatic rings. The van der Waals surface area contributed by atoms with Gasteiger partial charge in [0, 0.05) is 24.9 Å². The Morgan fingerprint density at radius 3 is 2.82 bits per heavy atom. The van der Waals surface area contributed by atoms with Crippen LogP contribution in [0.15, 0.2) is 42.9 Å². The van der Waals surface area contributed by atoms with Crippen molar-refractivity contribution in [2.75, 3.05) is 11.9 Å². The third-order valence-electron chi connectivity index (χ3n) is 5.80. The van der Waals surface area contributed by atoms with Gasteiger partial charge in [-0.3, -0.25) is 4.79 Å². The number of nitrogens with one attached hydrogen (secondary N) is 1. The molecule has 0 aliphatic carbocycles. The summed E-state index contributed by atoms with van der Waals surface area (Å²) in [6, 6.07) is 12.1. The largest absolute Gasteiger partial charge is 0.443 e. The van der Waals surface area contributed by atoms with E-state index in [1.807, 2.05) is 44.3 Å². The SMILES string of the molecule is C[C@@H](CC(=O)Nc1sc2c(c1C#N)CCN(C(=O)OCc1cncn1C)C2)c1ccccc1. The first kappa shape index (κ1) is 22.6. The lowest BCUT2D eigenvalue weighted by Crippen LogP contribution is -2.35. The molecular weight excluding hydrogens is 438 g/mol. The van der Waals surface area contributed by atoms with Gasteiger partial charge in [0.05, 0.1) is 30.3 Å². The number of anilines is 1. The van der Waals surface area contributed by atoms with Crippen LogP contribution in [0.1, 0.15) is 46.5 Å². The van der Waals surface area contributed by atoms with Gasteiger partial charge in [0.1, 0.15) is 17.7 Å². The van der Waals surface area contributed by atoms with Gasteiger partial charge >= 0.3 is 6.09 Å². The van der Waals surface area contributed by atoms with Crippen molar-refractivity contribution in [2.45, 2.75) is 38.8 Å². The summed E-state index contributed by atoms with van der Waals surface area (Å²) in [5.74, 6) is -0.0649. The van der Waals surface area contributed by atoms with Crippen molar-refractivity contribution in [3.05, 3.63) is 70.1 Å². The molecule has 1 aliphatic heterocycles. The van der Waals surface area contributed by atoms with Gasteiger partial charge in [-0.05, 0) is 23.5 Å². The molecule has 1 N–H and O–H groups in total. The van der Waals surface area contributed by atoms with Crippen LogP contribution < -0.4 is 5.32 Å². The number of carbonyl (C=O) groups is 2. The number of carbonyl (C=O) groups excluding carboxylic acids is 2. The molecule has 8 nitrogen and oxygen atoms in total. The van der Waals surface area contributed by atoms with E-state index >= 15 is 0 Å². The van der Waals surface area contributed by atoms with Gasteiger partial charge < -0.3 is 19.5 Å². The van der Waals surface area contributed by atoms with E-state index in [-0.39, 0.29) is 18.4 Å². The maximum absolute atomic E-state index is 12.7. The van der Waals surface area contributed by atoms with Crippen LogP contribution in [-0.2, 0) is 36.2 Å². The van der Waals surface area contributed by atoms with E-state index in [9.17, 15) is 14.9 Å². The van der Waals surface area contributed by atoms with Gasteiger partial charge in [-0.15, -0.1) is 11.3 Å². The second-order valence-electron chi connectivity index (χ2n) is 8.11. The molecule has 0 bridgehead atoms. The zero-order chi connectivity index (χ0) is 23.4. The first-order valence-corrected chi connectivity index (χ1v) is 11.5. The molecule has 170 valence electrons. The summed E-state index contributed by atoms with van der Waals surface area (Å²) in [5.41, 5.74) is 3.31. The van der Waals surface area contributed by atoms with Crippen LogP contribution in [0.5, 0.6) is 0 Å². The highest BCUT2D eigenvalue weighted by molar-refractivity contribution is 7.16. The first-order valence-electron chi connectivity index (χ1n) is 10.7. The van der Waals surface area contributed by atoms with Crippen molar-refractivity contribution in [1.82, 2.24) is 14.5 Å². The van der Waals surface area contributed by atoms with Crippen molar-refractivity contribution in [3.8, 4) is 6.07 Å². The van der Waals surface area contributed by atoms with Crippen LogP contribution in [0.3, 0.4) is 0 Å². The zero-order valence-corrected chi connectivity index (χ0v) is 19.4. The topological polar surface area (TPSA) is 100 Å². The Labute approximate surface area is 196 Å². The molecule has 0 saturated heterocycles. The predicted molar refractivity (Wildman–Crippen MR) is 125 cm³/mol. The molecule has 2 amide bonds. The summed E-state index contributed by atoms with van der Waals surface area (Å²) in [6.07, 6.45) is 3.78. The summed E-state index contributed by atoms with van der Waals surface area (Å²) >= 11 is 1.36. The highest BCUT2D eigenvalue weighted by Crippen LogP contribution is 2.37. The maximum atomic E-state index is 12.7. The van der Waals surface area contributed by atoms with E-state index in [1.165, 1.54) is 11.3 Å². The van der Waals surface area contributed by atoms with Crippen LogP contribution in [0.25, 0.3) is 0 Å². The Morgan fingerprint density at radius 2 is 2.12 bits per heavy atom. The molecule has 1 aliphatic rings. The van der Waals surface area contributed by atoms with Crippen molar-refractivity contribution in [2.24, 2.45) is 7.05 Å². The Morgan fingerprint density at radius 1 is 1.33 bits per heavy atom. The lowest BCUT2D eigenvalue weighted by Gasteiger charge is -2.26. The number of hydrogen-bond donors (Lipinski definition) is 1. The van der Waals surface area contributed by atoms with Crippen molar-refractivity contribution in [1.29, 1.82) is 5.26 Å². The molecule has 33 heavy (non-hydrogen) atoms. The van der Waals surface area contributed by atoms with Gasteiger partial charge in [-0.1, -0.05) is 37.3 Å². The molecule has 3 heterocycles. The quantitative estimate of drug-likeness (QED) is 0.591. The van der Waals surface area contributed by atoms with Crippen molar-refractivity contribution >= 4 is 28.3 Å². The van der Waals surface area contributed by atoms with Crippen LogP contribution in [-0.4, -0.2) is 33.0 Å². The number of nitrogens with zero attached hydrogens (tertiary/aromatic N) is 4. The summed E-state index contributed by atoms with van der Waals surface area (Å²) in [5, 5.41) is 13.2. The molecule has 9 heteroatoms. The van der Waals surface area contributed by atoms with Gasteiger partial charge in [0.25, 0.3) is 0 Å². The first-order chi connectivity index (χ1) is 16.0. The number of thiophene rings is 1. The summed E-state index contributed by atoms with van der Waals surface area (Å²) in [7, 11) is 1.84. The number of ether oxygens (including phenoxy) is 1. The number of amides is 2. The van der Waals surface area contributed by atoms with Gasteiger partial charge in [0.2, 0.25) is 5.91 Å². The minimum absolute atomic E-state index is 0.0658. The Kier molecular flexibility index (Phi) is 6.75. The second-order valence-corrected chi connectivity index (χ2v) is 9.21. The van der Waals surface area contributed by atoms with Crippen LogP contribution in [0.4, 0.5) is 9.80 Å².